The van der Waals surface area contributed by atoms with Gasteiger partial charge in [-0.2, -0.15) is 0 Å². The van der Waals surface area contributed by atoms with Crippen LogP contribution in [-0.2, 0) is 0 Å². The second-order valence-corrected chi connectivity index (χ2v) is 8.81. The van der Waals surface area contributed by atoms with Crippen molar-refractivity contribution in [3.8, 4) is 17.7 Å². The molecule has 0 aliphatic carbocycles. The minimum absolute atomic E-state index is 0.0425. The first-order valence-electron chi connectivity index (χ1n) is 11.4. The highest BCUT2D eigenvalue weighted by Crippen LogP contribution is 2.27. The zero-order chi connectivity index (χ0) is 25.7. The molecular weight excluding hydrogens is 453 g/mol. The van der Waals surface area contributed by atoms with Gasteiger partial charge < -0.3 is 24.7 Å². The molecule has 0 saturated heterocycles. The van der Waals surface area contributed by atoms with E-state index in [2.05, 4.69) is 16.8 Å². The molecular formula is C26H30FN3O5. The molecule has 1 aromatic carbocycles. The number of halogens is 1. The minimum Gasteiger partial charge on any atom is -0.472 e. The van der Waals surface area contributed by atoms with E-state index < -0.39 is 30.0 Å². The summed E-state index contributed by atoms with van der Waals surface area (Å²) in [6, 6.07) is 6.83. The summed E-state index contributed by atoms with van der Waals surface area (Å²) in [5, 5.41) is 19.2. The van der Waals surface area contributed by atoms with Crippen molar-refractivity contribution >= 4 is 11.8 Å². The van der Waals surface area contributed by atoms with Gasteiger partial charge >= 0.3 is 0 Å². The van der Waals surface area contributed by atoms with E-state index in [1.807, 2.05) is 6.92 Å². The van der Waals surface area contributed by atoms with Crippen LogP contribution in [0.3, 0.4) is 0 Å². The van der Waals surface area contributed by atoms with Gasteiger partial charge in [-0.3, -0.25) is 9.59 Å². The SMILES string of the molecule is C[C@H](CO)N1C[C@H](C)[C@H](CN(C)C(=O)c2ccccc2F)Oc2ncc(C#C[C@@H](C)O)cc2C1=O. The molecule has 0 radical (unpaired) electrons. The molecule has 0 fully saturated rings. The molecule has 2 N–H and O–H groups in total. The van der Waals surface area contributed by atoms with E-state index in [1.54, 1.807) is 31.0 Å². The lowest BCUT2D eigenvalue weighted by Crippen LogP contribution is -2.50. The van der Waals surface area contributed by atoms with Crippen LogP contribution in [0.15, 0.2) is 36.5 Å². The molecule has 0 bridgehead atoms. The van der Waals surface area contributed by atoms with Crippen LogP contribution in [-0.4, -0.2) is 81.8 Å². The van der Waals surface area contributed by atoms with Crippen LogP contribution in [0.5, 0.6) is 5.88 Å². The summed E-state index contributed by atoms with van der Waals surface area (Å²) in [6.45, 7) is 5.28. The summed E-state index contributed by atoms with van der Waals surface area (Å²) in [5.74, 6) is 3.76. The lowest BCUT2D eigenvalue weighted by Gasteiger charge is -2.37. The highest BCUT2D eigenvalue weighted by Gasteiger charge is 2.35. The molecule has 0 spiro atoms. The van der Waals surface area contributed by atoms with Crippen LogP contribution < -0.4 is 4.74 Å². The number of ether oxygens (including phenoxy) is 1. The number of likely N-dealkylation sites (N-methyl/N-ethyl adjacent to an activating group) is 1. The summed E-state index contributed by atoms with van der Waals surface area (Å²) in [7, 11) is 1.56. The van der Waals surface area contributed by atoms with Crippen molar-refractivity contribution in [2.45, 2.75) is 39.0 Å². The summed E-state index contributed by atoms with van der Waals surface area (Å²) >= 11 is 0. The Morgan fingerprint density at radius 2 is 2.09 bits per heavy atom. The average Bonchev–Trinajstić information content (AvgIpc) is 2.84. The van der Waals surface area contributed by atoms with Gasteiger partial charge in [0, 0.05) is 31.3 Å². The normalized spacial score (nSPS) is 19.3. The second kappa shape index (κ2) is 11.3. The fourth-order valence-electron chi connectivity index (χ4n) is 3.77. The zero-order valence-corrected chi connectivity index (χ0v) is 20.2. The van der Waals surface area contributed by atoms with Crippen molar-refractivity contribution < 1.29 is 28.9 Å². The number of aromatic nitrogens is 1. The van der Waals surface area contributed by atoms with E-state index in [4.69, 9.17) is 4.74 Å². The van der Waals surface area contributed by atoms with E-state index in [0.717, 1.165) is 0 Å². The Labute approximate surface area is 204 Å². The first kappa shape index (κ1) is 26.1. The number of rotatable bonds is 5. The molecule has 2 heterocycles. The molecule has 35 heavy (non-hydrogen) atoms. The fraction of sp³-hybridized carbons (Fsp3) is 0.423. The quantitative estimate of drug-likeness (QED) is 0.631. The van der Waals surface area contributed by atoms with Crippen molar-refractivity contribution in [1.82, 2.24) is 14.8 Å². The number of pyridine rings is 1. The molecule has 1 aromatic heterocycles. The first-order valence-corrected chi connectivity index (χ1v) is 11.4. The average molecular weight is 484 g/mol. The van der Waals surface area contributed by atoms with E-state index in [1.165, 1.54) is 36.2 Å². The predicted octanol–water partition coefficient (Wildman–Crippen LogP) is 1.95. The fourth-order valence-corrected chi connectivity index (χ4v) is 3.77. The Kier molecular flexibility index (Phi) is 8.43. The van der Waals surface area contributed by atoms with Crippen molar-refractivity contribution in [1.29, 1.82) is 0 Å². The Morgan fingerprint density at radius 3 is 2.74 bits per heavy atom. The molecule has 2 amide bonds. The lowest BCUT2D eigenvalue weighted by molar-refractivity contribution is 0.0312. The smallest absolute Gasteiger partial charge is 0.259 e. The number of nitrogens with zero attached hydrogens (tertiary/aromatic N) is 3. The third kappa shape index (κ3) is 6.15. The van der Waals surface area contributed by atoms with Gasteiger partial charge in [0.25, 0.3) is 11.8 Å². The Balaban J connectivity index is 1.96. The summed E-state index contributed by atoms with van der Waals surface area (Å²) in [4.78, 5) is 33.5. The van der Waals surface area contributed by atoms with Gasteiger partial charge in [-0.05, 0) is 32.0 Å². The second-order valence-electron chi connectivity index (χ2n) is 8.81. The van der Waals surface area contributed by atoms with Gasteiger partial charge in [-0.1, -0.05) is 30.9 Å². The third-order valence-corrected chi connectivity index (χ3v) is 5.85. The number of benzene rings is 1. The molecule has 9 heteroatoms. The standard InChI is InChI=1S/C26H30FN3O5/c1-16-13-30(17(2)15-31)26(34)21-11-19(10-9-18(3)32)12-28-24(21)35-23(16)14-29(4)25(33)20-7-5-6-8-22(20)27/h5-8,11-12,16-18,23,31-32H,13-15H2,1-4H3/t16-,17+,18+,23-/m0/s1. The van der Waals surface area contributed by atoms with Crippen molar-refractivity contribution in [2.24, 2.45) is 5.92 Å². The molecule has 0 saturated carbocycles. The molecule has 3 rings (SSSR count). The monoisotopic (exact) mass is 483 g/mol. The van der Waals surface area contributed by atoms with E-state index in [0.29, 0.717) is 5.56 Å². The van der Waals surface area contributed by atoms with Gasteiger partial charge in [-0.25, -0.2) is 9.37 Å². The maximum Gasteiger partial charge on any atom is 0.259 e. The molecule has 186 valence electrons. The summed E-state index contributed by atoms with van der Waals surface area (Å²) in [6.07, 6.45) is 0.0271. The largest absolute Gasteiger partial charge is 0.472 e. The maximum atomic E-state index is 14.2. The van der Waals surface area contributed by atoms with Gasteiger partial charge in [0.1, 0.15) is 23.6 Å². The summed E-state index contributed by atoms with van der Waals surface area (Å²) < 4.78 is 20.3. The van der Waals surface area contributed by atoms with E-state index in [-0.39, 0.29) is 48.5 Å². The number of amides is 2. The Hall–Kier alpha value is -3.48. The molecule has 1 aliphatic rings. The maximum absolute atomic E-state index is 14.2. The van der Waals surface area contributed by atoms with Crippen molar-refractivity contribution in [2.75, 3.05) is 26.7 Å². The van der Waals surface area contributed by atoms with Crippen LogP contribution >= 0.6 is 0 Å². The number of fused-ring (bicyclic) bond motifs is 1. The van der Waals surface area contributed by atoms with Gasteiger partial charge in [0.2, 0.25) is 5.88 Å². The van der Waals surface area contributed by atoms with Gasteiger partial charge in [0.05, 0.1) is 24.8 Å². The molecule has 8 nitrogen and oxygen atoms in total. The lowest BCUT2D eigenvalue weighted by atomic mass is 9.99. The molecule has 1 aliphatic heterocycles. The molecule has 4 atom stereocenters. The van der Waals surface area contributed by atoms with Crippen LogP contribution in [0.4, 0.5) is 4.39 Å². The summed E-state index contributed by atoms with van der Waals surface area (Å²) in [5.41, 5.74) is 0.553. The number of aliphatic hydroxyl groups is 2. The predicted molar refractivity (Wildman–Crippen MR) is 127 cm³/mol. The molecule has 2 aromatic rings. The highest BCUT2D eigenvalue weighted by atomic mass is 19.1. The zero-order valence-electron chi connectivity index (χ0n) is 20.2. The third-order valence-electron chi connectivity index (χ3n) is 5.85. The van der Waals surface area contributed by atoms with Crippen molar-refractivity contribution in [3.63, 3.8) is 0 Å². The molecule has 0 unspecified atom stereocenters. The van der Waals surface area contributed by atoms with Crippen molar-refractivity contribution in [3.05, 3.63) is 59.0 Å². The number of aliphatic hydroxyl groups excluding tert-OH is 2. The minimum atomic E-state index is -0.845. The number of hydrogen-bond acceptors (Lipinski definition) is 6. The number of carbonyl (C=O) groups is 2. The van der Waals surface area contributed by atoms with Crippen LogP contribution in [0, 0.1) is 23.6 Å². The van der Waals surface area contributed by atoms with Gasteiger partial charge in [0.15, 0.2) is 0 Å². The van der Waals surface area contributed by atoms with E-state index in [9.17, 15) is 24.2 Å². The van der Waals surface area contributed by atoms with E-state index >= 15 is 0 Å². The topological polar surface area (TPSA) is 103 Å². The first-order chi connectivity index (χ1) is 16.6. The highest BCUT2D eigenvalue weighted by molar-refractivity contribution is 5.97. The van der Waals surface area contributed by atoms with Crippen LogP contribution in [0.2, 0.25) is 0 Å². The number of carbonyl (C=O) groups excluding carboxylic acids is 2. The Morgan fingerprint density at radius 1 is 1.37 bits per heavy atom. The van der Waals surface area contributed by atoms with Gasteiger partial charge in [-0.15, -0.1) is 0 Å². The number of hydrogen-bond donors (Lipinski definition) is 2. The Bertz CT molecular complexity index is 1140. The van der Waals surface area contributed by atoms with Crippen LogP contribution in [0.1, 0.15) is 47.1 Å². The van der Waals surface area contributed by atoms with Crippen LogP contribution in [0.25, 0.3) is 0 Å².